The van der Waals surface area contributed by atoms with Gasteiger partial charge in [0.25, 0.3) is 0 Å². The highest BCUT2D eigenvalue weighted by atomic mass is 19.1. The zero-order valence-electron chi connectivity index (χ0n) is 11.9. The largest absolute Gasteiger partial charge is 0.207 e. The Morgan fingerprint density at radius 1 is 1.00 bits per heavy atom. The molecular weight excluding hydrogens is 249 g/mol. The van der Waals surface area contributed by atoms with Crippen LogP contribution in [0.2, 0.25) is 0 Å². The molecule has 0 nitrogen and oxygen atoms in total. The Morgan fingerprint density at radius 3 is 2.00 bits per heavy atom. The molecule has 0 amide bonds. The van der Waals surface area contributed by atoms with Crippen molar-refractivity contribution in [1.29, 1.82) is 0 Å². The van der Waals surface area contributed by atoms with Crippen LogP contribution in [0, 0.1) is 18.6 Å². The second kappa shape index (κ2) is 9.42. The van der Waals surface area contributed by atoms with E-state index in [9.17, 15) is 13.2 Å². The van der Waals surface area contributed by atoms with E-state index in [1.807, 2.05) is 26.8 Å². The highest BCUT2D eigenvalue weighted by molar-refractivity contribution is 5.21. The number of allylic oxidation sites excluding steroid dienone is 4. The zero-order valence-corrected chi connectivity index (χ0v) is 11.9. The third-order valence-electron chi connectivity index (χ3n) is 2.49. The molecule has 0 spiro atoms. The summed E-state index contributed by atoms with van der Waals surface area (Å²) in [6, 6.07) is 3.51. The number of benzene rings is 1. The SMILES string of the molecule is CC.CC1=C(F)C=CCC1.Cc1ccc(F)cc1F. The van der Waals surface area contributed by atoms with Gasteiger partial charge in [0.2, 0.25) is 0 Å². The Kier molecular flexibility index (Phi) is 8.68. The van der Waals surface area contributed by atoms with Crippen molar-refractivity contribution in [1.82, 2.24) is 0 Å². The average molecular weight is 270 g/mol. The lowest BCUT2D eigenvalue weighted by atomic mass is 10.1. The first-order valence-corrected chi connectivity index (χ1v) is 6.44. The maximum absolute atomic E-state index is 12.4. The van der Waals surface area contributed by atoms with Gasteiger partial charge in [-0.2, -0.15) is 0 Å². The van der Waals surface area contributed by atoms with Crippen LogP contribution in [0.25, 0.3) is 0 Å². The molecule has 0 saturated heterocycles. The number of hydrogen-bond acceptors (Lipinski definition) is 0. The minimum Gasteiger partial charge on any atom is -0.207 e. The molecule has 1 aliphatic carbocycles. The van der Waals surface area contributed by atoms with Gasteiger partial charge in [0.1, 0.15) is 17.5 Å². The van der Waals surface area contributed by atoms with Crippen LogP contribution < -0.4 is 0 Å². The first kappa shape index (κ1) is 17.5. The molecule has 1 aromatic rings. The third-order valence-corrected chi connectivity index (χ3v) is 2.49. The first-order chi connectivity index (χ1) is 9.00. The second-order valence-corrected chi connectivity index (χ2v) is 3.96. The molecule has 0 bridgehead atoms. The van der Waals surface area contributed by atoms with Crippen LogP contribution in [0.15, 0.2) is 41.8 Å². The molecule has 106 valence electrons. The lowest BCUT2D eigenvalue weighted by Gasteiger charge is -2.02. The molecule has 0 N–H and O–H groups in total. The summed E-state index contributed by atoms with van der Waals surface area (Å²) in [6.07, 6.45) is 5.29. The van der Waals surface area contributed by atoms with E-state index < -0.39 is 11.6 Å². The molecule has 0 atom stereocenters. The van der Waals surface area contributed by atoms with Gasteiger partial charge in [-0.3, -0.25) is 0 Å². The van der Waals surface area contributed by atoms with Gasteiger partial charge >= 0.3 is 0 Å². The standard InChI is InChI=1S/C7H6F2.C7H9F.C2H6/c1-5-2-3-6(8)4-7(5)9;1-6-4-2-3-5-7(6)8;1-2/h2-4H,1H3;3,5H,2,4H2,1H3;1-2H3. The monoisotopic (exact) mass is 270 g/mol. The van der Waals surface area contributed by atoms with Crippen molar-refractivity contribution in [3.8, 4) is 0 Å². The van der Waals surface area contributed by atoms with Crippen molar-refractivity contribution in [3.05, 3.63) is 58.9 Å². The Balaban J connectivity index is 0.000000303. The van der Waals surface area contributed by atoms with Crippen molar-refractivity contribution in [2.45, 2.75) is 40.5 Å². The molecule has 1 aliphatic rings. The van der Waals surface area contributed by atoms with E-state index in [1.165, 1.54) is 12.1 Å². The quantitative estimate of drug-likeness (QED) is 0.552. The van der Waals surface area contributed by atoms with Crippen molar-refractivity contribution in [2.75, 3.05) is 0 Å². The van der Waals surface area contributed by atoms with Crippen LogP contribution in [0.1, 0.15) is 39.2 Å². The lowest BCUT2D eigenvalue weighted by molar-refractivity contribution is 0.577. The van der Waals surface area contributed by atoms with Gasteiger partial charge in [-0.1, -0.05) is 26.0 Å². The summed E-state index contributed by atoms with van der Waals surface area (Å²) in [4.78, 5) is 0. The van der Waals surface area contributed by atoms with Gasteiger partial charge in [0.05, 0.1) is 0 Å². The minimum absolute atomic E-state index is 0.0451. The van der Waals surface area contributed by atoms with Crippen LogP contribution in [-0.4, -0.2) is 0 Å². The van der Waals surface area contributed by atoms with Crippen molar-refractivity contribution >= 4 is 0 Å². The summed E-state index contributed by atoms with van der Waals surface area (Å²) in [5.41, 5.74) is 1.35. The van der Waals surface area contributed by atoms with Crippen LogP contribution in [0.5, 0.6) is 0 Å². The molecule has 0 aromatic heterocycles. The van der Waals surface area contributed by atoms with Crippen LogP contribution in [-0.2, 0) is 0 Å². The summed E-state index contributed by atoms with van der Waals surface area (Å²) in [5, 5.41) is 0. The van der Waals surface area contributed by atoms with Gasteiger partial charge in [0.15, 0.2) is 0 Å². The normalized spacial score (nSPS) is 13.2. The van der Waals surface area contributed by atoms with Crippen LogP contribution >= 0.6 is 0 Å². The summed E-state index contributed by atoms with van der Waals surface area (Å²) in [7, 11) is 0. The number of hydrogen-bond donors (Lipinski definition) is 0. The molecule has 0 aliphatic heterocycles. The minimum atomic E-state index is -0.530. The fourth-order valence-electron chi connectivity index (χ4n) is 1.32. The third kappa shape index (κ3) is 6.85. The Morgan fingerprint density at radius 2 is 1.63 bits per heavy atom. The predicted octanol–water partition coefficient (Wildman–Crippen LogP) is 5.88. The smallest absolute Gasteiger partial charge is 0.129 e. The van der Waals surface area contributed by atoms with E-state index in [4.69, 9.17) is 0 Å². The van der Waals surface area contributed by atoms with Crippen molar-refractivity contribution in [3.63, 3.8) is 0 Å². The topological polar surface area (TPSA) is 0 Å². The number of rotatable bonds is 0. The second-order valence-electron chi connectivity index (χ2n) is 3.96. The predicted molar refractivity (Wildman–Crippen MR) is 74.6 cm³/mol. The van der Waals surface area contributed by atoms with E-state index in [1.54, 1.807) is 13.0 Å². The average Bonchev–Trinajstić information content (AvgIpc) is 2.41. The Labute approximate surface area is 113 Å². The van der Waals surface area contributed by atoms with E-state index in [0.29, 0.717) is 5.56 Å². The Hall–Kier alpha value is -1.51. The van der Waals surface area contributed by atoms with E-state index >= 15 is 0 Å². The summed E-state index contributed by atoms with van der Waals surface area (Å²) in [5.74, 6) is -1.07. The summed E-state index contributed by atoms with van der Waals surface area (Å²) < 4.78 is 36.8. The lowest BCUT2D eigenvalue weighted by Crippen LogP contribution is -1.84. The molecule has 0 saturated carbocycles. The van der Waals surface area contributed by atoms with Gasteiger partial charge in [0, 0.05) is 6.07 Å². The van der Waals surface area contributed by atoms with E-state index in [-0.39, 0.29) is 5.83 Å². The fourth-order valence-corrected chi connectivity index (χ4v) is 1.32. The number of halogens is 3. The summed E-state index contributed by atoms with van der Waals surface area (Å²) in [6.45, 7) is 7.42. The van der Waals surface area contributed by atoms with Crippen molar-refractivity contribution in [2.24, 2.45) is 0 Å². The molecule has 0 radical (unpaired) electrons. The maximum atomic E-state index is 12.4. The molecular formula is C16H21F3. The summed E-state index contributed by atoms with van der Waals surface area (Å²) >= 11 is 0. The fraction of sp³-hybridized carbons (Fsp3) is 0.375. The highest BCUT2D eigenvalue weighted by Gasteiger charge is 2.00. The van der Waals surface area contributed by atoms with Gasteiger partial charge in [-0.25, -0.2) is 13.2 Å². The van der Waals surface area contributed by atoms with E-state index in [0.717, 1.165) is 24.5 Å². The molecule has 2 rings (SSSR count). The first-order valence-electron chi connectivity index (χ1n) is 6.44. The number of aryl methyl sites for hydroxylation is 1. The Bertz CT molecular complexity index is 445. The van der Waals surface area contributed by atoms with Gasteiger partial charge in [-0.15, -0.1) is 0 Å². The van der Waals surface area contributed by atoms with Gasteiger partial charge < -0.3 is 0 Å². The van der Waals surface area contributed by atoms with Crippen molar-refractivity contribution < 1.29 is 13.2 Å². The molecule has 1 aromatic carbocycles. The molecule has 0 unspecified atom stereocenters. The van der Waals surface area contributed by atoms with E-state index in [2.05, 4.69) is 0 Å². The molecule has 3 heteroatoms. The zero-order chi connectivity index (χ0) is 14.8. The molecule has 19 heavy (non-hydrogen) atoms. The molecule has 0 fully saturated rings. The highest BCUT2D eigenvalue weighted by Crippen LogP contribution is 2.18. The van der Waals surface area contributed by atoms with Gasteiger partial charge in [-0.05, 0) is 50.0 Å². The molecule has 0 heterocycles. The van der Waals surface area contributed by atoms with Crippen LogP contribution in [0.3, 0.4) is 0 Å². The maximum Gasteiger partial charge on any atom is 0.129 e. The van der Waals surface area contributed by atoms with Crippen LogP contribution in [0.4, 0.5) is 13.2 Å².